The predicted molar refractivity (Wildman–Crippen MR) is 31.9 cm³/mol. The smallest absolute Gasteiger partial charge is 0.182 e. The molecule has 7 heavy (non-hydrogen) atoms. The number of hydrogen-bond acceptors (Lipinski definition) is 3. The SMILES string of the molecule is CN(C)N.Cl.[CH]=O. The van der Waals surface area contributed by atoms with E-state index in [4.69, 9.17) is 10.6 Å². The molecule has 1 radical (unpaired) electrons. The Morgan fingerprint density at radius 1 is 1.43 bits per heavy atom. The molecule has 0 aliphatic carbocycles. The standard InChI is InChI=1S/C2H8N2.CHO.ClH/c1-4(2)3;1-2;/h3H2,1-2H3;1H;1H. The van der Waals surface area contributed by atoms with Crippen molar-refractivity contribution in [2.45, 2.75) is 0 Å². The Morgan fingerprint density at radius 2 is 1.43 bits per heavy atom. The van der Waals surface area contributed by atoms with Crippen molar-refractivity contribution < 1.29 is 4.79 Å². The van der Waals surface area contributed by atoms with Gasteiger partial charge in [0, 0.05) is 14.1 Å². The molecule has 0 aliphatic rings. The monoisotopic (exact) mass is 125 g/mol. The van der Waals surface area contributed by atoms with E-state index < -0.39 is 0 Å². The first-order chi connectivity index (χ1) is 2.73. The van der Waals surface area contributed by atoms with Crippen LogP contribution in [0, 0.1) is 0 Å². The van der Waals surface area contributed by atoms with Crippen LogP contribution in [0.2, 0.25) is 0 Å². The highest BCUT2D eigenvalue weighted by atomic mass is 35.5. The number of hydrazine groups is 1. The molecular formula is C3H10ClN2O. The van der Waals surface area contributed by atoms with E-state index in [0.29, 0.717) is 0 Å². The fourth-order valence-corrected chi connectivity index (χ4v) is 0. The van der Waals surface area contributed by atoms with E-state index in [1.54, 1.807) is 14.1 Å². The molecule has 3 nitrogen and oxygen atoms in total. The van der Waals surface area contributed by atoms with Gasteiger partial charge < -0.3 is 0 Å². The van der Waals surface area contributed by atoms with Gasteiger partial charge in [0.25, 0.3) is 0 Å². The van der Waals surface area contributed by atoms with Crippen LogP contribution in [0.15, 0.2) is 0 Å². The van der Waals surface area contributed by atoms with Crippen molar-refractivity contribution >= 4 is 19.2 Å². The molecule has 0 bridgehead atoms. The van der Waals surface area contributed by atoms with Gasteiger partial charge in [-0.2, -0.15) is 0 Å². The van der Waals surface area contributed by atoms with E-state index in [2.05, 4.69) is 6.79 Å². The van der Waals surface area contributed by atoms with E-state index in [1.165, 1.54) is 5.01 Å². The molecule has 0 saturated carbocycles. The normalized spacial score (nSPS) is 5.71. The third-order valence-corrected chi connectivity index (χ3v) is 0. The van der Waals surface area contributed by atoms with E-state index in [1.807, 2.05) is 0 Å². The first-order valence-corrected chi connectivity index (χ1v) is 1.39. The van der Waals surface area contributed by atoms with Gasteiger partial charge in [0.15, 0.2) is 6.79 Å². The lowest BCUT2D eigenvalue weighted by Crippen LogP contribution is -2.18. The van der Waals surface area contributed by atoms with Gasteiger partial charge >= 0.3 is 0 Å². The molecule has 2 N–H and O–H groups in total. The highest BCUT2D eigenvalue weighted by Crippen LogP contribution is 1.37. The van der Waals surface area contributed by atoms with Gasteiger partial charge in [-0.05, 0) is 0 Å². The van der Waals surface area contributed by atoms with Gasteiger partial charge in [0.2, 0.25) is 0 Å². The van der Waals surface area contributed by atoms with Crippen LogP contribution in [0.4, 0.5) is 0 Å². The molecule has 4 heteroatoms. The molecular weight excluding hydrogens is 115 g/mol. The molecule has 0 heterocycles. The van der Waals surface area contributed by atoms with E-state index in [9.17, 15) is 0 Å². The molecule has 0 atom stereocenters. The Bertz CT molecular complexity index is 24.1. The minimum Gasteiger partial charge on any atom is -0.295 e. The highest BCUT2D eigenvalue weighted by molar-refractivity contribution is 5.85. The molecule has 0 fully saturated rings. The zero-order valence-electron chi connectivity index (χ0n) is 4.42. The summed E-state index contributed by atoms with van der Waals surface area (Å²) < 4.78 is 0. The van der Waals surface area contributed by atoms with Gasteiger partial charge in [-0.1, -0.05) is 0 Å². The van der Waals surface area contributed by atoms with Crippen molar-refractivity contribution in [3.05, 3.63) is 0 Å². The molecule has 0 aromatic carbocycles. The first kappa shape index (κ1) is 15.8. The number of rotatable bonds is 0. The summed E-state index contributed by atoms with van der Waals surface area (Å²) in [5, 5.41) is 1.50. The molecule has 0 amide bonds. The number of halogens is 1. The van der Waals surface area contributed by atoms with Gasteiger partial charge in [0.05, 0.1) is 0 Å². The summed E-state index contributed by atoms with van der Waals surface area (Å²) in [6, 6.07) is 0. The maximum Gasteiger partial charge on any atom is 0.182 e. The molecule has 0 unspecified atom stereocenters. The van der Waals surface area contributed by atoms with Crippen LogP contribution < -0.4 is 5.84 Å². The molecule has 0 aliphatic heterocycles. The van der Waals surface area contributed by atoms with Crippen LogP contribution in [-0.4, -0.2) is 25.9 Å². The molecule has 0 spiro atoms. The van der Waals surface area contributed by atoms with E-state index in [-0.39, 0.29) is 12.4 Å². The second-order valence-corrected chi connectivity index (χ2v) is 0.964. The van der Waals surface area contributed by atoms with Gasteiger partial charge in [-0.15, -0.1) is 12.4 Å². The van der Waals surface area contributed by atoms with Gasteiger partial charge in [0.1, 0.15) is 0 Å². The van der Waals surface area contributed by atoms with Crippen molar-refractivity contribution in [1.29, 1.82) is 0 Å². The highest BCUT2D eigenvalue weighted by Gasteiger charge is 1.57. The fourth-order valence-electron chi connectivity index (χ4n) is 0. The maximum atomic E-state index is 7.75. The average molecular weight is 126 g/mol. The second kappa shape index (κ2) is 16.9. The zero-order valence-corrected chi connectivity index (χ0v) is 5.23. The Kier molecular flexibility index (Phi) is 38.1. The van der Waals surface area contributed by atoms with Crippen molar-refractivity contribution in [2.75, 3.05) is 14.1 Å². The largest absolute Gasteiger partial charge is 0.295 e. The van der Waals surface area contributed by atoms with Crippen LogP contribution in [0.25, 0.3) is 0 Å². The van der Waals surface area contributed by atoms with Crippen molar-refractivity contribution in [3.8, 4) is 0 Å². The summed E-state index contributed by atoms with van der Waals surface area (Å²) in [7, 11) is 3.56. The third-order valence-electron chi connectivity index (χ3n) is 0. The molecule has 0 aromatic rings. The second-order valence-electron chi connectivity index (χ2n) is 0.964. The van der Waals surface area contributed by atoms with Gasteiger partial charge in [-0.25, -0.2) is 0 Å². The minimum absolute atomic E-state index is 0. The predicted octanol–water partition coefficient (Wildman–Crippen LogP) is -0.431. The zero-order chi connectivity index (χ0) is 5.58. The topological polar surface area (TPSA) is 46.3 Å². The third kappa shape index (κ3) is 6150. The summed E-state index contributed by atoms with van der Waals surface area (Å²) >= 11 is 0. The Labute approximate surface area is 49.9 Å². The van der Waals surface area contributed by atoms with E-state index in [0.717, 1.165) is 0 Å². The lowest BCUT2D eigenvalue weighted by Gasteiger charge is -1.91. The Balaban J connectivity index is -0.0000000480. The van der Waals surface area contributed by atoms with Crippen LogP contribution in [0.3, 0.4) is 0 Å². The Morgan fingerprint density at radius 3 is 1.43 bits per heavy atom. The molecule has 0 saturated heterocycles. The van der Waals surface area contributed by atoms with Crippen LogP contribution in [-0.2, 0) is 4.79 Å². The number of nitrogens with zero attached hydrogens (tertiary/aromatic N) is 1. The Hall–Kier alpha value is -0.120. The first-order valence-electron chi connectivity index (χ1n) is 1.39. The summed E-state index contributed by atoms with van der Waals surface area (Å²) in [5.41, 5.74) is 0. The van der Waals surface area contributed by atoms with Gasteiger partial charge in [-0.3, -0.25) is 15.6 Å². The number of hydrogen-bond donors (Lipinski definition) is 1. The summed E-state index contributed by atoms with van der Waals surface area (Å²) in [6.07, 6.45) is 0. The van der Waals surface area contributed by atoms with E-state index >= 15 is 0 Å². The lowest BCUT2D eigenvalue weighted by molar-refractivity contribution is 0.432. The molecule has 45 valence electrons. The maximum absolute atomic E-state index is 7.75. The van der Waals surface area contributed by atoms with Crippen molar-refractivity contribution in [3.63, 3.8) is 0 Å². The summed E-state index contributed by atoms with van der Waals surface area (Å²) in [6.45, 7) is 3.25. The summed E-state index contributed by atoms with van der Waals surface area (Å²) in [4.78, 5) is 7.75. The van der Waals surface area contributed by atoms with Crippen molar-refractivity contribution in [2.24, 2.45) is 5.84 Å². The summed E-state index contributed by atoms with van der Waals surface area (Å²) in [5.74, 6) is 4.94. The number of nitrogens with two attached hydrogens (primary N) is 1. The van der Waals surface area contributed by atoms with Crippen LogP contribution in [0.5, 0.6) is 0 Å². The van der Waals surface area contributed by atoms with Crippen LogP contribution in [0.1, 0.15) is 0 Å². The lowest BCUT2D eigenvalue weighted by atomic mass is 11.2. The molecule has 0 aromatic heterocycles. The van der Waals surface area contributed by atoms with Crippen LogP contribution >= 0.6 is 12.4 Å². The fraction of sp³-hybridized carbons (Fsp3) is 0.667. The molecule has 0 rings (SSSR count). The van der Waals surface area contributed by atoms with Crippen molar-refractivity contribution in [1.82, 2.24) is 5.01 Å². The minimum atomic E-state index is 0. The quantitative estimate of drug-likeness (QED) is 0.272. The average Bonchev–Trinajstić information content (AvgIpc) is 1.41. The number of carbonyl (C=O) groups excluding carboxylic acids is 1.